The van der Waals surface area contributed by atoms with E-state index in [9.17, 15) is 9.59 Å². The Morgan fingerprint density at radius 1 is 1.20 bits per heavy atom. The van der Waals surface area contributed by atoms with Crippen LogP contribution >= 0.6 is 0 Å². The largest absolute Gasteiger partial charge is 0.363 e. The standard InChI is InChI=1S/C9H20.C3H5NO2/c1-5-6-9(4)7-8(2)3;1-2(5)3(4)6/h8-9H,5-7H2,1-4H3;1H3,(H2,4,6). The first-order valence-electron chi connectivity index (χ1n) is 5.61. The smallest absolute Gasteiger partial charge is 0.284 e. The summed E-state index contributed by atoms with van der Waals surface area (Å²) in [6, 6.07) is 0. The van der Waals surface area contributed by atoms with E-state index >= 15 is 0 Å². The second-order valence-electron chi connectivity index (χ2n) is 4.44. The van der Waals surface area contributed by atoms with Crippen LogP contribution in [0.5, 0.6) is 0 Å². The highest BCUT2D eigenvalue weighted by Gasteiger charge is 2.02. The average Bonchev–Trinajstić information content (AvgIpc) is 2.03. The van der Waals surface area contributed by atoms with E-state index in [-0.39, 0.29) is 0 Å². The highest BCUT2D eigenvalue weighted by Crippen LogP contribution is 2.15. The fraction of sp³-hybridized carbons (Fsp3) is 0.833. The molecule has 1 amide bonds. The van der Waals surface area contributed by atoms with Crippen molar-refractivity contribution in [3.63, 3.8) is 0 Å². The number of hydrogen-bond donors (Lipinski definition) is 1. The number of ketones is 1. The summed E-state index contributed by atoms with van der Waals surface area (Å²) >= 11 is 0. The molecule has 0 spiro atoms. The van der Waals surface area contributed by atoms with Gasteiger partial charge in [-0.05, 0) is 18.3 Å². The van der Waals surface area contributed by atoms with Crippen LogP contribution in [-0.2, 0) is 9.59 Å². The number of rotatable bonds is 5. The van der Waals surface area contributed by atoms with Crippen LogP contribution in [0.1, 0.15) is 53.9 Å². The molecule has 0 heterocycles. The van der Waals surface area contributed by atoms with Crippen LogP contribution in [0.2, 0.25) is 0 Å². The topological polar surface area (TPSA) is 60.2 Å². The summed E-state index contributed by atoms with van der Waals surface area (Å²) < 4.78 is 0. The van der Waals surface area contributed by atoms with Crippen molar-refractivity contribution < 1.29 is 9.59 Å². The van der Waals surface area contributed by atoms with Gasteiger partial charge in [-0.25, -0.2) is 0 Å². The second-order valence-corrected chi connectivity index (χ2v) is 4.44. The molecule has 0 rings (SSSR count). The predicted octanol–water partition coefficient (Wildman–Crippen LogP) is 2.53. The minimum atomic E-state index is -0.880. The number of hydrogen-bond acceptors (Lipinski definition) is 2. The van der Waals surface area contributed by atoms with Gasteiger partial charge in [0, 0.05) is 6.92 Å². The summed E-state index contributed by atoms with van der Waals surface area (Å²) in [5, 5.41) is 0. The zero-order valence-electron chi connectivity index (χ0n) is 10.7. The minimum absolute atomic E-state index is 0.602. The average molecular weight is 215 g/mol. The van der Waals surface area contributed by atoms with Crippen LogP contribution in [-0.4, -0.2) is 11.7 Å². The number of carbonyl (C=O) groups is 2. The molecule has 3 heteroatoms. The first-order chi connectivity index (χ1) is 6.81. The van der Waals surface area contributed by atoms with Crippen LogP contribution in [0.15, 0.2) is 0 Å². The van der Waals surface area contributed by atoms with Crippen molar-refractivity contribution in [2.45, 2.75) is 53.9 Å². The molecule has 0 aromatic carbocycles. The molecule has 0 radical (unpaired) electrons. The fourth-order valence-electron chi connectivity index (χ4n) is 1.42. The molecule has 3 nitrogen and oxygen atoms in total. The molecule has 0 saturated heterocycles. The van der Waals surface area contributed by atoms with E-state index in [2.05, 4.69) is 33.4 Å². The quantitative estimate of drug-likeness (QED) is 0.716. The molecule has 1 unspecified atom stereocenters. The van der Waals surface area contributed by atoms with Gasteiger partial charge in [0.2, 0.25) is 5.78 Å². The molecule has 0 aliphatic heterocycles. The Hall–Kier alpha value is -0.860. The van der Waals surface area contributed by atoms with E-state index in [0.717, 1.165) is 18.8 Å². The van der Waals surface area contributed by atoms with Crippen molar-refractivity contribution in [3.8, 4) is 0 Å². The van der Waals surface area contributed by atoms with Gasteiger partial charge < -0.3 is 5.73 Å². The Morgan fingerprint density at radius 3 is 1.80 bits per heavy atom. The number of primary amides is 1. The van der Waals surface area contributed by atoms with Gasteiger partial charge >= 0.3 is 0 Å². The summed E-state index contributed by atoms with van der Waals surface area (Å²) in [7, 11) is 0. The van der Waals surface area contributed by atoms with E-state index in [0.29, 0.717) is 0 Å². The molecule has 0 bridgehead atoms. The van der Waals surface area contributed by atoms with Gasteiger partial charge in [0.25, 0.3) is 5.91 Å². The number of amides is 1. The van der Waals surface area contributed by atoms with E-state index in [1.165, 1.54) is 19.3 Å². The SMILES string of the molecule is CC(=O)C(N)=O.CCCC(C)CC(C)C. The third-order valence-electron chi connectivity index (χ3n) is 2.00. The van der Waals surface area contributed by atoms with E-state index < -0.39 is 11.7 Å². The monoisotopic (exact) mass is 215 g/mol. The summed E-state index contributed by atoms with van der Waals surface area (Å²) in [6.07, 6.45) is 4.14. The summed E-state index contributed by atoms with van der Waals surface area (Å²) in [5.74, 6) is 0.339. The molecular formula is C12H25NO2. The van der Waals surface area contributed by atoms with Crippen molar-refractivity contribution in [1.82, 2.24) is 0 Å². The second kappa shape index (κ2) is 9.69. The number of carbonyl (C=O) groups excluding carboxylic acids is 2. The van der Waals surface area contributed by atoms with Crippen LogP contribution in [0.4, 0.5) is 0 Å². The Labute approximate surface area is 93.4 Å². The molecule has 0 saturated carbocycles. The Balaban J connectivity index is 0. The Morgan fingerprint density at radius 2 is 1.60 bits per heavy atom. The van der Waals surface area contributed by atoms with Crippen molar-refractivity contribution in [3.05, 3.63) is 0 Å². The van der Waals surface area contributed by atoms with E-state index in [1.54, 1.807) is 0 Å². The fourth-order valence-corrected chi connectivity index (χ4v) is 1.42. The minimum Gasteiger partial charge on any atom is -0.363 e. The van der Waals surface area contributed by atoms with Crippen LogP contribution in [0.25, 0.3) is 0 Å². The lowest BCUT2D eigenvalue weighted by Gasteiger charge is -2.11. The highest BCUT2D eigenvalue weighted by atomic mass is 16.2. The van der Waals surface area contributed by atoms with Gasteiger partial charge in [0.1, 0.15) is 0 Å². The molecule has 0 aromatic heterocycles. The van der Waals surface area contributed by atoms with E-state index in [4.69, 9.17) is 0 Å². The molecule has 0 fully saturated rings. The van der Waals surface area contributed by atoms with Crippen LogP contribution in [0.3, 0.4) is 0 Å². The zero-order valence-corrected chi connectivity index (χ0v) is 10.7. The van der Waals surface area contributed by atoms with Crippen LogP contribution in [0, 0.1) is 11.8 Å². The third kappa shape index (κ3) is 15.9. The van der Waals surface area contributed by atoms with Crippen molar-refractivity contribution in [1.29, 1.82) is 0 Å². The van der Waals surface area contributed by atoms with Gasteiger partial charge in [-0.3, -0.25) is 9.59 Å². The van der Waals surface area contributed by atoms with Crippen molar-refractivity contribution in [2.75, 3.05) is 0 Å². The highest BCUT2D eigenvalue weighted by molar-refractivity contribution is 6.34. The predicted molar refractivity (Wildman–Crippen MR) is 63.4 cm³/mol. The van der Waals surface area contributed by atoms with Gasteiger partial charge in [-0.2, -0.15) is 0 Å². The lowest BCUT2D eigenvalue weighted by Crippen LogP contribution is -2.19. The molecule has 90 valence electrons. The summed E-state index contributed by atoms with van der Waals surface area (Å²) in [6.45, 7) is 10.3. The van der Waals surface area contributed by atoms with Crippen LogP contribution < -0.4 is 5.73 Å². The molecule has 0 aliphatic carbocycles. The number of nitrogens with two attached hydrogens (primary N) is 1. The van der Waals surface area contributed by atoms with E-state index in [1.807, 2.05) is 0 Å². The number of Topliss-reactive ketones (excluding diaryl/α,β-unsaturated/α-hetero) is 1. The molecular weight excluding hydrogens is 190 g/mol. The molecule has 1 atom stereocenters. The Kier molecular flexibility index (Phi) is 10.7. The molecule has 0 aromatic rings. The Bertz CT molecular complexity index is 176. The molecule has 0 aliphatic rings. The van der Waals surface area contributed by atoms with Gasteiger partial charge in [0.15, 0.2) is 0 Å². The normalized spacial score (nSPS) is 11.6. The summed E-state index contributed by atoms with van der Waals surface area (Å²) in [5.41, 5.74) is 4.45. The summed E-state index contributed by atoms with van der Waals surface area (Å²) in [4.78, 5) is 19.2. The maximum Gasteiger partial charge on any atom is 0.284 e. The van der Waals surface area contributed by atoms with Crippen molar-refractivity contribution >= 4 is 11.7 Å². The zero-order chi connectivity index (χ0) is 12.4. The van der Waals surface area contributed by atoms with Gasteiger partial charge in [-0.1, -0.05) is 40.5 Å². The molecule has 2 N–H and O–H groups in total. The lowest BCUT2D eigenvalue weighted by molar-refractivity contribution is -0.134. The lowest BCUT2D eigenvalue weighted by atomic mass is 9.95. The first-order valence-corrected chi connectivity index (χ1v) is 5.61. The maximum atomic E-state index is 9.67. The first kappa shape index (κ1) is 16.6. The van der Waals surface area contributed by atoms with Gasteiger partial charge in [-0.15, -0.1) is 0 Å². The van der Waals surface area contributed by atoms with Gasteiger partial charge in [0.05, 0.1) is 0 Å². The maximum absolute atomic E-state index is 9.67. The van der Waals surface area contributed by atoms with Crippen molar-refractivity contribution in [2.24, 2.45) is 17.6 Å². The third-order valence-corrected chi connectivity index (χ3v) is 2.00. The molecule has 15 heavy (non-hydrogen) atoms.